The number of sulfonamides is 1. The van der Waals surface area contributed by atoms with Gasteiger partial charge < -0.3 is 9.16 Å². The first kappa shape index (κ1) is 28.6. The molecule has 36 heavy (non-hydrogen) atoms. The van der Waals surface area contributed by atoms with E-state index in [4.69, 9.17) is 20.8 Å². The number of benzene rings is 1. The number of amidine groups is 1. The maximum absolute atomic E-state index is 14.8. The monoisotopic (exact) mass is 555 g/mol. The fraction of sp³-hybridized carbons (Fsp3) is 0.520. The van der Waals surface area contributed by atoms with Gasteiger partial charge >= 0.3 is 0 Å². The Bertz CT molecular complexity index is 1210. The molecule has 2 aromatic rings. The summed E-state index contributed by atoms with van der Waals surface area (Å²) in [5.41, 5.74) is -0.409. The van der Waals surface area contributed by atoms with E-state index in [1.807, 2.05) is 0 Å². The summed E-state index contributed by atoms with van der Waals surface area (Å²) in [6, 6.07) is 8.56. The predicted molar refractivity (Wildman–Crippen MR) is 144 cm³/mol. The molecule has 1 aromatic heterocycles. The number of aliphatic imine (C=N–C) groups is 1. The van der Waals surface area contributed by atoms with Gasteiger partial charge in [-0.2, -0.15) is 0 Å². The van der Waals surface area contributed by atoms with Crippen LogP contribution in [0.1, 0.15) is 63.5 Å². The Hall–Kier alpha value is -2.01. The maximum atomic E-state index is 14.8. The Labute approximate surface area is 219 Å². The molecule has 0 saturated carbocycles. The third-order valence-electron chi connectivity index (χ3n) is 6.78. The van der Waals surface area contributed by atoms with E-state index in [2.05, 4.69) is 48.6 Å². The average Bonchev–Trinajstić information content (AvgIpc) is 2.72. The van der Waals surface area contributed by atoms with Crippen molar-refractivity contribution >= 4 is 36.0 Å². The highest BCUT2D eigenvalue weighted by molar-refractivity contribution is 7.90. The van der Waals surface area contributed by atoms with Crippen molar-refractivity contribution in [3.05, 3.63) is 64.7 Å². The first-order valence-electron chi connectivity index (χ1n) is 11.8. The summed E-state index contributed by atoms with van der Waals surface area (Å²) in [5, 5.41) is -0.777. The normalized spacial score (nSPS) is 21.5. The molecule has 11 heteroatoms. The lowest BCUT2D eigenvalue weighted by Gasteiger charge is -2.48. The van der Waals surface area contributed by atoms with Crippen LogP contribution >= 0.6 is 11.6 Å². The summed E-state index contributed by atoms with van der Waals surface area (Å²) < 4.78 is 56.2. The summed E-state index contributed by atoms with van der Waals surface area (Å²) in [4.78, 5) is 8.55. The molecular weight excluding hydrogens is 521 g/mol. The lowest BCUT2D eigenvalue weighted by atomic mass is 9.98. The molecule has 199 valence electrons. The van der Waals surface area contributed by atoms with Crippen molar-refractivity contribution in [1.29, 1.82) is 0 Å². The van der Waals surface area contributed by atoms with E-state index in [1.165, 1.54) is 18.3 Å². The van der Waals surface area contributed by atoms with Gasteiger partial charge in [-0.3, -0.25) is 0 Å². The highest BCUT2D eigenvalue weighted by atomic mass is 35.5. The second-order valence-corrected chi connectivity index (χ2v) is 18.0. The van der Waals surface area contributed by atoms with Crippen molar-refractivity contribution in [1.82, 2.24) is 9.71 Å². The van der Waals surface area contributed by atoms with Gasteiger partial charge in [-0.15, -0.1) is 18.1 Å². The van der Waals surface area contributed by atoms with Crippen LogP contribution in [0.25, 0.3) is 0 Å². The van der Waals surface area contributed by atoms with E-state index in [-0.39, 0.29) is 16.2 Å². The van der Waals surface area contributed by atoms with Crippen LogP contribution in [0, 0.1) is 5.82 Å². The van der Waals surface area contributed by atoms with E-state index in [1.54, 1.807) is 38.1 Å². The van der Waals surface area contributed by atoms with Gasteiger partial charge in [0.25, 0.3) is 6.02 Å². The molecular formula is C25H35ClFN3O4SSi-. The fourth-order valence-corrected chi connectivity index (χ4v) is 6.79. The van der Waals surface area contributed by atoms with E-state index in [0.29, 0.717) is 24.2 Å². The molecule has 0 spiro atoms. The maximum Gasteiger partial charge on any atom is 0.299 e. The molecule has 7 nitrogen and oxygen atoms in total. The van der Waals surface area contributed by atoms with Crippen LogP contribution in [-0.4, -0.2) is 39.9 Å². The van der Waals surface area contributed by atoms with Gasteiger partial charge in [-0.25, -0.2) is 27.5 Å². The van der Waals surface area contributed by atoms with Crippen LogP contribution in [0.2, 0.25) is 23.3 Å². The number of nitrogens with zero attached hydrogens (tertiary/aromatic N) is 2. The van der Waals surface area contributed by atoms with Gasteiger partial charge in [0.2, 0.25) is 10.0 Å². The molecule has 3 rings (SSSR count). The number of ether oxygens (including phenoxy) is 1. The molecule has 1 saturated heterocycles. The SMILES string of the molecule is CC1(C)OC(=N[C@@H](CCO[Si-](C)(C)C(C)(C)C)c2ccccc2F)NS(=O)(=O)C1c1ccc(Cl)nc1. The quantitative estimate of drug-likeness (QED) is 0.327. The van der Waals surface area contributed by atoms with E-state index in [9.17, 15) is 12.8 Å². The summed E-state index contributed by atoms with van der Waals surface area (Å²) in [5.74, 6) is -0.429. The minimum absolute atomic E-state index is 0.0179. The lowest BCUT2D eigenvalue weighted by molar-refractivity contribution is 0.0757. The van der Waals surface area contributed by atoms with Crippen molar-refractivity contribution in [2.75, 3.05) is 6.61 Å². The Kier molecular flexibility index (Phi) is 8.24. The van der Waals surface area contributed by atoms with Gasteiger partial charge in [0.15, 0.2) is 0 Å². The van der Waals surface area contributed by atoms with Crippen molar-refractivity contribution in [3.8, 4) is 0 Å². The fourth-order valence-electron chi connectivity index (χ4n) is 3.87. The predicted octanol–water partition coefficient (Wildman–Crippen LogP) is 6.15. The van der Waals surface area contributed by atoms with Crippen LogP contribution in [0.4, 0.5) is 4.39 Å². The Morgan fingerprint density at radius 2 is 1.92 bits per heavy atom. The molecule has 2 atom stereocenters. The van der Waals surface area contributed by atoms with E-state index >= 15 is 0 Å². The van der Waals surface area contributed by atoms with Crippen LogP contribution in [0.5, 0.6) is 0 Å². The standard InChI is InChI=1S/C25H35ClFN3O4SSi/c1-24(2,3)36(6,7)33-15-14-20(18-10-8-9-11-19(18)27)29-23-30-35(31,32)22(25(4,5)34-23)17-12-13-21(26)28-16-17/h8-13,16,20,22H,14-15H2,1-7H3,(H,29,30)/q-1/t20-,22?/m0/s1. The van der Waals surface area contributed by atoms with Crippen molar-refractivity contribution in [3.63, 3.8) is 0 Å². The zero-order chi connectivity index (χ0) is 26.9. The summed E-state index contributed by atoms with van der Waals surface area (Å²) in [7, 11) is -5.99. The second-order valence-electron chi connectivity index (χ2n) is 11.0. The van der Waals surface area contributed by atoms with Gasteiger partial charge in [-0.1, -0.05) is 56.6 Å². The van der Waals surface area contributed by atoms with E-state index in [0.717, 1.165) is 0 Å². The minimum Gasteiger partial charge on any atom is -0.564 e. The Morgan fingerprint density at radius 1 is 1.25 bits per heavy atom. The molecule has 1 fully saturated rings. The summed E-state index contributed by atoms with van der Waals surface area (Å²) in [6.07, 6.45) is 1.77. The molecule has 1 aliphatic heterocycles. The molecule has 1 unspecified atom stereocenters. The molecule has 0 bridgehead atoms. The molecule has 2 heterocycles. The highest BCUT2D eigenvalue weighted by Gasteiger charge is 2.48. The van der Waals surface area contributed by atoms with Crippen molar-refractivity contribution in [2.45, 2.75) is 76.1 Å². The van der Waals surface area contributed by atoms with Gasteiger partial charge in [0.1, 0.15) is 21.8 Å². The first-order chi connectivity index (χ1) is 16.5. The number of hydrogen-bond donors (Lipinski definition) is 1. The third kappa shape index (κ3) is 6.45. The largest absolute Gasteiger partial charge is 0.564 e. The second kappa shape index (κ2) is 10.4. The zero-order valence-corrected chi connectivity index (χ0v) is 24.4. The van der Waals surface area contributed by atoms with Crippen LogP contribution in [0.15, 0.2) is 47.6 Å². The molecule has 1 N–H and O–H groups in total. The van der Waals surface area contributed by atoms with Crippen LogP contribution in [-0.2, 0) is 19.2 Å². The van der Waals surface area contributed by atoms with Crippen molar-refractivity contribution < 1.29 is 22.0 Å². The number of pyridine rings is 1. The summed E-state index contributed by atoms with van der Waals surface area (Å²) in [6.45, 7) is 14.4. The Balaban J connectivity index is 1.92. The molecule has 0 aliphatic carbocycles. The molecule has 1 aromatic carbocycles. The van der Waals surface area contributed by atoms with Gasteiger partial charge in [0, 0.05) is 18.4 Å². The summed E-state index contributed by atoms with van der Waals surface area (Å²) >= 11 is 5.87. The van der Waals surface area contributed by atoms with Crippen molar-refractivity contribution in [2.24, 2.45) is 4.99 Å². The van der Waals surface area contributed by atoms with Crippen LogP contribution in [0.3, 0.4) is 0 Å². The Morgan fingerprint density at radius 3 is 2.47 bits per heavy atom. The minimum atomic E-state index is -3.95. The molecule has 1 aliphatic rings. The lowest BCUT2D eigenvalue weighted by Crippen LogP contribution is -2.53. The average molecular weight is 556 g/mol. The molecule has 0 amide bonds. The topological polar surface area (TPSA) is 89.9 Å². The zero-order valence-electron chi connectivity index (χ0n) is 21.8. The number of nitrogens with one attached hydrogen (secondary N) is 1. The van der Waals surface area contributed by atoms with Crippen LogP contribution < -0.4 is 4.72 Å². The van der Waals surface area contributed by atoms with E-state index < -0.39 is 41.1 Å². The number of halogens is 2. The van der Waals surface area contributed by atoms with Gasteiger partial charge in [-0.05, 0) is 46.3 Å². The first-order valence-corrected chi connectivity index (χ1v) is 16.6. The highest BCUT2D eigenvalue weighted by Crippen LogP contribution is 2.40. The third-order valence-corrected chi connectivity index (χ3v) is 13.5. The van der Waals surface area contributed by atoms with Gasteiger partial charge in [0.05, 0.1) is 6.04 Å². The smallest absolute Gasteiger partial charge is 0.299 e. The number of aromatic nitrogens is 1. The number of rotatable bonds is 7. The number of hydrogen-bond acceptors (Lipinski definition) is 6. The molecule has 0 radical (unpaired) electrons.